The van der Waals surface area contributed by atoms with E-state index in [0.29, 0.717) is 37.5 Å². The molecule has 1 aromatic heterocycles. The maximum Gasteiger partial charge on any atom is 0.243 e. The number of aryl methyl sites for hydroxylation is 1. The summed E-state index contributed by atoms with van der Waals surface area (Å²) in [4.78, 5) is 17.9. The quantitative estimate of drug-likeness (QED) is 0.576. The monoisotopic (exact) mass is 468 g/mol. The predicted octanol–water partition coefficient (Wildman–Crippen LogP) is 2.74. The van der Waals surface area contributed by atoms with Crippen LogP contribution in [0.5, 0.6) is 5.75 Å². The number of nitrogens with one attached hydrogen (secondary N) is 1. The van der Waals surface area contributed by atoms with Crippen LogP contribution in [0.25, 0.3) is 0 Å². The van der Waals surface area contributed by atoms with Crippen LogP contribution >= 0.6 is 0 Å². The Kier molecular flexibility index (Phi) is 6.80. The van der Waals surface area contributed by atoms with E-state index in [1.54, 1.807) is 43.6 Å². The summed E-state index contributed by atoms with van der Waals surface area (Å²) in [6, 6.07) is 15.5. The molecule has 1 aliphatic rings. The minimum absolute atomic E-state index is 0.109. The molecule has 0 radical (unpaired) electrons. The van der Waals surface area contributed by atoms with Gasteiger partial charge in [-0.1, -0.05) is 30.3 Å². The lowest BCUT2D eigenvalue weighted by Gasteiger charge is -2.31. The number of amides is 1. The van der Waals surface area contributed by atoms with Crippen molar-refractivity contribution >= 4 is 15.9 Å². The van der Waals surface area contributed by atoms with Crippen LogP contribution in [0, 0.1) is 5.92 Å². The molecule has 2 aromatic carbocycles. The molecule has 1 amide bonds. The summed E-state index contributed by atoms with van der Waals surface area (Å²) in [5.74, 6) is 1.02. The summed E-state index contributed by atoms with van der Waals surface area (Å²) >= 11 is 0. The van der Waals surface area contributed by atoms with E-state index in [9.17, 15) is 13.2 Å². The first-order valence-electron chi connectivity index (χ1n) is 10.9. The molecule has 33 heavy (non-hydrogen) atoms. The Balaban J connectivity index is 1.48. The average molecular weight is 469 g/mol. The number of benzene rings is 2. The zero-order valence-electron chi connectivity index (χ0n) is 18.7. The molecule has 0 aliphatic carbocycles. The van der Waals surface area contributed by atoms with Gasteiger partial charge in [-0.2, -0.15) is 4.31 Å². The van der Waals surface area contributed by atoms with E-state index in [1.807, 2.05) is 42.1 Å². The van der Waals surface area contributed by atoms with Gasteiger partial charge in [-0.15, -0.1) is 0 Å². The maximum atomic E-state index is 13.2. The third kappa shape index (κ3) is 4.94. The van der Waals surface area contributed by atoms with Crippen LogP contribution in [-0.2, 0) is 21.9 Å². The van der Waals surface area contributed by atoms with Crippen LogP contribution in [0.2, 0.25) is 0 Å². The molecule has 174 valence electrons. The summed E-state index contributed by atoms with van der Waals surface area (Å²) in [5, 5.41) is 3.14. The van der Waals surface area contributed by atoms with Crippen LogP contribution in [0.15, 0.2) is 71.9 Å². The van der Waals surface area contributed by atoms with Gasteiger partial charge in [-0.3, -0.25) is 4.79 Å². The van der Waals surface area contributed by atoms with E-state index in [0.717, 1.165) is 5.56 Å². The number of hydrogen-bond donors (Lipinski definition) is 1. The molecule has 0 saturated carbocycles. The molecule has 0 spiro atoms. The largest absolute Gasteiger partial charge is 0.497 e. The van der Waals surface area contributed by atoms with Gasteiger partial charge in [0.2, 0.25) is 15.9 Å². The molecule has 1 saturated heterocycles. The van der Waals surface area contributed by atoms with Gasteiger partial charge >= 0.3 is 0 Å². The van der Waals surface area contributed by atoms with Crippen LogP contribution in [-0.4, -0.2) is 48.4 Å². The number of hydrogen-bond acceptors (Lipinski definition) is 5. The van der Waals surface area contributed by atoms with Gasteiger partial charge < -0.3 is 14.6 Å². The average Bonchev–Trinajstić information content (AvgIpc) is 3.28. The maximum absolute atomic E-state index is 13.2. The fraction of sp³-hybridized carbons (Fsp3) is 0.333. The molecule has 8 nitrogen and oxygen atoms in total. The number of imidazole rings is 1. The predicted molar refractivity (Wildman–Crippen MR) is 124 cm³/mol. The van der Waals surface area contributed by atoms with E-state index >= 15 is 0 Å². The smallest absolute Gasteiger partial charge is 0.243 e. The Bertz CT molecular complexity index is 1200. The number of carbonyl (C=O) groups is 1. The second-order valence-corrected chi connectivity index (χ2v) is 10.0. The zero-order valence-corrected chi connectivity index (χ0v) is 19.5. The number of sulfonamides is 1. The standard InChI is InChI=1S/C24H28N4O4S/c1-27-16-13-25-23(27)22(19-7-6-8-20(17-19)32-2)26-24(29)18-11-14-28(15-12-18)33(30,31)21-9-4-3-5-10-21/h3-10,13,16-18,22H,11-12,14-15H2,1-2H3,(H,26,29)/t22-/m1/s1. The summed E-state index contributed by atoms with van der Waals surface area (Å²) in [5.41, 5.74) is 0.862. The van der Waals surface area contributed by atoms with Crippen LogP contribution < -0.4 is 10.1 Å². The molecule has 1 atom stereocenters. The van der Waals surface area contributed by atoms with Crippen molar-refractivity contribution < 1.29 is 17.9 Å². The van der Waals surface area contributed by atoms with Crippen molar-refractivity contribution in [3.8, 4) is 5.75 Å². The number of carbonyl (C=O) groups excluding carboxylic acids is 1. The Morgan fingerprint density at radius 1 is 1.12 bits per heavy atom. The van der Waals surface area contributed by atoms with Crippen LogP contribution in [0.3, 0.4) is 0 Å². The van der Waals surface area contributed by atoms with Crippen LogP contribution in [0.4, 0.5) is 0 Å². The molecule has 9 heteroatoms. The minimum Gasteiger partial charge on any atom is -0.497 e. The van der Waals surface area contributed by atoms with Crippen molar-refractivity contribution in [2.75, 3.05) is 20.2 Å². The Hall–Kier alpha value is -3.17. The molecule has 0 bridgehead atoms. The normalized spacial score (nSPS) is 16.3. The van der Waals surface area contributed by atoms with Crippen molar-refractivity contribution in [2.45, 2.75) is 23.8 Å². The highest BCUT2D eigenvalue weighted by atomic mass is 32.2. The highest BCUT2D eigenvalue weighted by molar-refractivity contribution is 7.89. The topological polar surface area (TPSA) is 93.5 Å². The highest BCUT2D eigenvalue weighted by Crippen LogP contribution is 2.27. The van der Waals surface area contributed by atoms with Crippen molar-refractivity contribution in [3.05, 3.63) is 78.4 Å². The van der Waals surface area contributed by atoms with E-state index in [-0.39, 0.29) is 16.7 Å². The number of nitrogens with zero attached hydrogens (tertiary/aromatic N) is 3. The van der Waals surface area contributed by atoms with Gasteiger partial charge in [0.1, 0.15) is 17.6 Å². The Morgan fingerprint density at radius 2 is 1.85 bits per heavy atom. The molecule has 1 aliphatic heterocycles. The fourth-order valence-electron chi connectivity index (χ4n) is 4.13. The first-order valence-corrected chi connectivity index (χ1v) is 12.3. The van der Waals surface area contributed by atoms with Gasteiger partial charge in [0.25, 0.3) is 0 Å². The van der Waals surface area contributed by atoms with Gasteiger partial charge in [0, 0.05) is 38.4 Å². The highest BCUT2D eigenvalue weighted by Gasteiger charge is 2.33. The second-order valence-electron chi connectivity index (χ2n) is 8.11. The molecular weight excluding hydrogens is 440 g/mol. The summed E-state index contributed by atoms with van der Waals surface area (Å²) in [6.07, 6.45) is 4.45. The minimum atomic E-state index is -3.55. The molecular formula is C24H28N4O4S. The summed E-state index contributed by atoms with van der Waals surface area (Å²) in [7, 11) is -0.0661. The van der Waals surface area contributed by atoms with Crippen molar-refractivity contribution in [3.63, 3.8) is 0 Å². The van der Waals surface area contributed by atoms with E-state index < -0.39 is 16.1 Å². The van der Waals surface area contributed by atoms with Crippen molar-refractivity contribution in [1.29, 1.82) is 0 Å². The Labute approximate surface area is 194 Å². The van der Waals surface area contributed by atoms with Gasteiger partial charge in [0.05, 0.1) is 12.0 Å². The lowest BCUT2D eigenvalue weighted by atomic mass is 9.96. The van der Waals surface area contributed by atoms with Gasteiger partial charge in [0.15, 0.2) is 0 Å². The number of ether oxygens (including phenoxy) is 1. The zero-order chi connectivity index (χ0) is 23.4. The van der Waals surface area contributed by atoms with Crippen LogP contribution in [0.1, 0.15) is 30.3 Å². The summed E-state index contributed by atoms with van der Waals surface area (Å²) in [6.45, 7) is 0.614. The van der Waals surface area contributed by atoms with E-state index in [2.05, 4.69) is 10.3 Å². The third-order valence-corrected chi connectivity index (χ3v) is 7.95. The Morgan fingerprint density at radius 3 is 2.48 bits per heavy atom. The van der Waals surface area contributed by atoms with Gasteiger partial charge in [-0.05, 0) is 42.7 Å². The van der Waals surface area contributed by atoms with E-state index in [1.165, 1.54) is 4.31 Å². The number of piperidine rings is 1. The lowest BCUT2D eigenvalue weighted by Crippen LogP contribution is -2.44. The number of aromatic nitrogens is 2. The lowest BCUT2D eigenvalue weighted by molar-refractivity contribution is -0.126. The third-order valence-electron chi connectivity index (χ3n) is 6.04. The van der Waals surface area contributed by atoms with E-state index in [4.69, 9.17) is 4.74 Å². The summed E-state index contributed by atoms with van der Waals surface area (Å²) < 4.78 is 34.5. The SMILES string of the molecule is COc1cccc([C@@H](NC(=O)C2CCN(S(=O)(=O)c3ccccc3)CC2)c2nccn2C)c1. The molecule has 2 heterocycles. The van der Waals surface area contributed by atoms with Crippen molar-refractivity contribution in [1.82, 2.24) is 19.2 Å². The van der Waals surface area contributed by atoms with Crippen molar-refractivity contribution in [2.24, 2.45) is 13.0 Å². The fourth-order valence-corrected chi connectivity index (χ4v) is 5.62. The number of methoxy groups -OCH3 is 1. The first-order chi connectivity index (χ1) is 15.9. The molecule has 1 N–H and O–H groups in total. The number of rotatable bonds is 7. The second kappa shape index (κ2) is 9.76. The molecule has 4 rings (SSSR count). The van der Waals surface area contributed by atoms with Gasteiger partial charge in [-0.25, -0.2) is 13.4 Å². The molecule has 1 fully saturated rings. The first kappa shape index (κ1) is 23.0. The molecule has 3 aromatic rings. The molecule has 0 unspecified atom stereocenters.